The van der Waals surface area contributed by atoms with Crippen molar-refractivity contribution < 1.29 is 24.2 Å². The number of carboxylic acid groups (broad SMARTS) is 1. The van der Waals surface area contributed by atoms with Gasteiger partial charge in [-0.1, -0.05) is 6.92 Å². The topological polar surface area (TPSA) is 80.7 Å². The largest absolute Gasteiger partial charge is 0.475 e. The van der Waals surface area contributed by atoms with Gasteiger partial charge in [-0.15, -0.1) is 0 Å². The van der Waals surface area contributed by atoms with Crippen LogP contribution in [0.4, 0.5) is 0 Å². The van der Waals surface area contributed by atoms with Gasteiger partial charge in [-0.25, -0.2) is 4.79 Å². The molecule has 0 aliphatic carbocycles. The number of esters is 1. The van der Waals surface area contributed by atoms with E-state index in [4.69, 9.17) is 9.84 Å². The van der Waals surface area contributed by atoms with Crippen molar-refractivity contribution in [2.45, 2.75) is 27.2 Å². The molecular formula is C14H16O5. The van der Waals surface area contributed by atoms with Crippen molar-refractivity contribution in [2.75, 3.05) is 0 Å². The Morgan fingerprint density at radius 1 is 1.16 bits per heavy atom. The summed E-state index contributed by atoms with van der Waals surface area (Å²) in [5.74, 6) is -2.59. The molecule has 0 aromatic heterocycles. The first-order valence-electron chi connectivity index (χ1n) is 5.88. The first kappa shape index (κ1) is 14.9. The van der Waals surface area contributed by atoms with Gasteiger partial charge in [0.1, 0.15) is 5.75 Å². The minimum absolute atomic E-state index is 0.0436. The number of hydrogen-bond acceptors (Lipinski definition) is 4. The molecule has 19 heavy (non-hydrogen) atoms. The van der Waals surface area contributed by atoms with Gasteiger partial charge in [0.2, 0.25) is 0 Å². The van der Waals surface area contributed by atoms with Gasteiger partial charge in [0.25, 0.3) is 5.78 Å². The zero-order chi connectivity index (χ0) is 14.6. The van der Waals surface area contributed by atoms with E-state index >= 15 is 0 Å². The molecule has 0 spiro atoms. The Bertz CT molecular complexity index is 499. The number of carbonyl (C=O) groups excluding carboxylic acids is 2. The highest BCUT2D eigenvalue weighted by Gasteiger charge is 2.27. The lowest BCUT2D eigenvalue weighted by Gasteiger charge is -2.20. The van der Waals surface area contributed by atoms with E-state index < -0.39 is 17.2 Å². The predicted octanol–water partition coefficient (Wildman–Crippen LogP) is 2.30. The standard InChI is InChI=1S/C14H16O5/c1-4-14(2,3)13(18)19-10-7-5-9(6-8-10)11(15)12(16)17/h5-8H,4H2,1-3H3,(H,16,17). The second-order valence-corrected chi connectivity index (χ2v) is 4.79. The molecule has 0 saturated carbocycles. The highest BCUT2D eigenvalue weighted by molar-refractivity contribution is 6.39. The molecule has 0 unspecified atom stereocenters. The molecule has 0 fully saturated rings. The lowest BCUT2D eigenvalue weighted by atomic mass is 9.91. The molecule has 5 nitrogen and oxygen atoms in total. The van der Waals surface area contributed by atoms with Crippen LogP contribution in [0.25, 0.3) is 0 Å². The molecule has 1 aromatic carbocycles. The summed E-state index contributed by atoms with van der Waals surface area (Å²) in [6.45, 7) is 5.44. The van der Waals surface area contributed by atoms with Crippen LogP contribution in [-0.2, 0) is 9.59 Å². The summed E-state index contributed by atoms with van der Waals surface area (Å²) in [5.41, 5.74) is -0.544. The van der Waals surface area contributed by atoms with Crippen molar-refractivity contribution in [3.05, 3.63) is 29.8 Å². The Morgan fingerprint density at radius 2 is 1.68 bits per heavy atom. The fraction of sp³-hybridized carbons (Fsp3) is 0.357. The second kappa shape index (κ2) is 5.65. The number of aliphatic carboxylic acids is 1. The molecule has 0 heterocycles. The van der Waals surface area contributed by atoms with Gasteiger partial charge < -0.3 is 9.84 Å². The molecule has 5 heteroatoms. The summed E-state index contributed by atoms with van der Waals surface area (Å²) < 4.78 is 5.17. The van der Waals surface area contributed by atoms with Crippen LogP contribution in [0.2, 0.25) is 0 Å². The molecule has 1 rings (SSSR count). The van der Waals surface area contributed by atoms with E-state index in [9.17, 15) is 14.4 Å². The lowest BCUT2D eigenvalue weighted by molar-refractivity contribution is -0.144. The van der Waals surface area contributed by atoms with Crippen molar-refractivity contribution in [3.63, 3.8) is 0 Å². The zero-order valence-electron chi connectivity index (χ0n) is 11.1. The van der Waals surface area contributed by atoms with E-state index in [-0.39, 0.29) is 17.3 Å². The minimum atomic E-state index is -1.52. The number of carbonyl (C=O) groups is 3. The molecule has 0 aliphatic heterocycles. The van der Waals surface area contributed by atoms with Crippen LogP contribution in [-0.4, -0.2) is 22.8 Å². The third kappa shape index (κ3) is 3.64. The zero-order valence-corrected chi connectivity index (χ0v) is 11.1. The highest BCUT2D eigenvalue weighted by atomic mass is 16.5. The van der Waals surface area contributed by atoms with E-state index in [0.29, 0.717) is 6.42 Å². The average molecular weight is 264 g/mol. The fourth-order valence-corrected chi connectivity index (χ4v) is 1.19. The number of Topliss-reactive ketones (excluding diaryl/α,β-unsaturated/α-hetero) is 1. The monoisotopic (exact) mass is 264 g/mol. The molecule has 0 bridgehead atoms. The summed E-state index contributed by atoms with van der Waals surface area (Å²) in [4.78, 5) is 33.5. The van der Waals surface area contributed by atoms with Gasteiger partial charge in [0, 0.05) is 5.56 Å². The van der Waals surface area contributed by atoms with E-state index in [1.807, 2.05) is 6.92 Å². The van der Waals surface area contributed by atoms with Gasteiger partial charge >= 0.3 is 11.9 Å². The van der Waals surface area contributed by atoms with E-state index in [2.05, 4.69) is 0 Å². The Balaban J connectivity index is 2.81. The maximum atomic E-state index is 11.8. The van der Waals surface area contributed by atoms with Crippen LogP contribution in [0.3, 0.4) is 0 Å². The summed E-state index contributed by atoms with van der Waals surface area (Å²) in [7, 11) is 0. The van der Waals surface area contributed by atoms with E-state index in [0.717, 1.165) is 0 Å². The number of rotatable bonds is 5. The van der Waals surface area contributed by atoms with Crippen LogP contribution in [0.1, 0.15) is 37.6 Å². The molecule has 0 atom stereocenters. The Labute approximate surface area is 111 Å². The first-order valence-corrected chi connectivity index (χ1v) is 5.88. The van der Waals surface area contributed by atoms with Crippen LogP contribution < -0.4 is 4.74 Å². The Kier molecular flexibility index (Phi) is 4.43. The van der Waals surface area contributed by atoms with Crippen molar-refractivity contribution in [3.8, 4) is 5.75 Å². The average Bonchev–Trinajstić information content (AvgIpc) is 2.38. The maximum absolute atomic E-state index is 11.8. The SMILES string of the molecule is CCC(C)(C)C(=O)Oc1ccc(C(=O)C(=O)O)cc1. The summed E-state index contributed by atoms with van der Waals surface area (Å²) in [5, 5.41) is 8.55. The van der Waals surface area contributed by atoms with E-state index in [1.54, 1.807) is 13.8 Å². The number of benzene rings is 1. The molecular weight excluding hydrogens is 248 g/mol. The lowest BCUT2D eigenvalue weighted by Crippen LogP contribution is -2.28. The first-order chi connectivity index (χ1) is 8.77. The summed E-state index contributed by atoms with van der Waals surface area (Å²) >= 11 is 0. The van der Waals surface area contributed by atoms with Crippen molar-refractivity contribution >= 4 is 17.7 Å². The van der Waals surface area contributed by atoms with Crippen LogP contribution in [0, 0.1) is 5.41 Å². The molecule has 0 amide bonds. The predicted molar refractivity (Wildman–Crippen MR) is 68.1 cm³/mol. The number of ether oxygens (including phenoxy) is 1. The fourth-order valence-electron chi connectivity index (χ4n) is 1.19. The van der Waals surface area contributed by atoms with Crippen LogP contribution >= 0.6 is 0 Å². The second-order valence-electron chi connectivity index (χ2n) is 4.79. The van der Waals surface area contributed by atoms with Crippen molar-refractivity contribution in [1.82, 2.24) is 0 Å². The van der Waals surface area contributed by atoms with Gasteiger partial charge in [0.15, 0.2) is 0 Å². The van der Waals surface area contributed by atoms with Gasteiger partial charge in [-0.2, -0.15) is 0 Å². The summed E-state index contributed by atoms with van der Waals surface area (Å²) in [6, 6.07) is 5.44. The highest BCUT2D eigenvalue weighted by Crippen LogP contribution is 2.23. The smallest absolute Gasteiger partial charge is 0.377 e. The van der Waals surface area contributed by atoms with Crippen LogP contribution in [0.15, 0.2) is 24.3 Å². The quantitative estimate of drug-likeness (QED) is 0.382. The molecule has 0 saturated heterocycles. The van der Waals surface area contributed by atoms with Gasteiger partial charge in [-0.3, -0.25) is 9.59 Å². The summed E-state index contributed by atoms with van der Waals surface area (Å²) in [6.07, 6.45) is 0.640. The van der Waals surface area contributed by atoms with Crippen molar-refractivity contribution in [2.24, 2.45) is 5.41 Å². The van der Waals surface area contributed by atoms with Gasteiger partial charge in [0.05, 0.1) is 5.41 Å². The Hall–Kier alpha value is -2.17. The van der Waals surface area contributed by atoms with E-state index in [1.165, 1.54) is 24.3 Å². The minimum Gasteiger partial charge on any atom is -0.475 e. The molecule has 0 aliphatic rings. The number of hydrogen-bond donors (Lipinski definition) is 1. The molecule has 1 aromatic rings. The maximum Gasteiger partial charge on any atom is 0.377 e. The molecule has 1 N–H and O–H groups in total. The van der Waals surface area contributed by atoms with Crippen molar-refractivity contribution in [1.29, 1.82) is 0 Å². The van der Waals surface area contributed by atoms with Crippen LogP contribution in [0.5, 0.6) is 5.75 Å². The van der Waals surface area contributed by atoms with Gasteiger partial charge in [-0.05, 0) is 44.5 Å². The molecule has 0 radical (unpaired) electrons. The third-order valence-electron chi connectivity index (χ3n) is 2.96. The third-order valence-corrected chi connectivity index (χ3v) is 2.96. The number of carboxylic acids is 1. The normalized spacial score (nSPS) is 10.9. The Morgan fingerprint density at radius 3 is 2.11 bits per heavy atom. The number of ketones is 1. The molecule has 102 valence electrons.